The molecule has 0 aliphatic carbocycles. The van der Waals surface area contributed by atoms with Gasteiger partial charge in [0.2, 0.25) is 5.91 Å². The standard InChI is InChI=1S/C26H38N4OS/c1-6-26(7-2,22-11-9-8-10-12-22)24(31)27-19(3)17-21-13-15-30(16-14-21)23-18-20(4)28-25(29-23)32-5/h8-12,18-19,21H,6-7,13-17H2,1-5H3,(H,27,31). The van der Waals surface area contributed by atoms with Gasteiger partial charge in [-0.2, -0.15) is 0 Å². The minimum atomic E-state index is -0.446. The lowest BCUT2D eigenvalue weighted by Gasteiger charge is -2.35. The maximum absolute atomic E-state index is 13.4. The summed E-state index contributed by atoms with van der Waals surface area (Å²) in [6, 6.07) is 12.5. The molecule has 1 aliphatic heterocycles. The van der Waals surface area contributed by atoms with Gasteiger partial charge in [0.25, 0.3) is 0 Å². The summed E-state index contributed by atoms with van der Waals surface area (Å²) in [5.74, 6) is 1.83. The smallest absolute Gasteiger partial charge is 0.230 e. The number of hydrogen-bond acceptors (Lipinski definition) is 5. The van der Waals surface area contributed by atoms with Gasteiger partial charge in [-0.3, -0.25) is 4.79 Å². The lowest BCUT2D eigenvalue weighted by molar-refractivity contribution is -0.127. The highest BCUT2D eigenvalue weighted by atomic mass is 32.2. The van der Waals surface area contributed by atoms with E-state index in [1.54, 1.807) is 11.8 Å². The van der Waals surface area contributed by atoms with Crippen LogP contribution in [0.2, 0.25) is 0 Å². The van der Waals surface area contributed by atoms with E-state index in [-0.39, 0.29) is 11.9 Å². The molecule has 2 heterocycles. The fourth-order valence-electron chi connectivity index (χ4n) is 4.96. The molecule has 3 rings (SSSR count). The molecule has 0 bridgehead atoms. The molecular weight excluding hydrogens is 416 g/mol. The molecule has 1 aromatic heterocycles. The van der Waals surface area contributed by atoms with Crippen molar-refractivity contribution in [3.8, 4) is 0 Å². The molecule has 1 unspecified atom stereocenters. The molecule has 32 heavy (non-hydrogen) atoms. The van der Waals surface area contributed by atoms with Crippen molar-refractivity contribution in [1.82, 2.24) is 15.3 Å². The average Bonchev–Trinajstić information content (AvgIpc) is 2.81. The van der Waals surface area contributed by atoms with E-state index >= 15 is 0 Å². The second-order valence-corrected chi connectivity index (χ2v) is 9.82. The summed E-state index contributed by atoms with van der Waals surface area (Å²) in [6.45, 7) is 10.4. The van der Waals surface area contributed by atoms with Crippen molar-refractivity contribution in [3.63, 3.8) is 0 Å². The Morgan fingerprint density at radius 1 is 1.19 bits per heavy atom. The van der Waals surface area contributed by atoms with Crippen molar-refractivity contribution in [2.75, 3.05) is 24.2 Å². The van der Waals surface area contributed by atoms with E-state index in [9.17, 15) is 4.79 Å². The molecule has 1 aliphatic rings. The topological polar surface area (TPSA) is 58.1 Å². The molecule has 0 saturated carbocycles. The number of anilines is 1. The lowest BCUT2D eigenvalue weighted by atomic mass is 9.74. The van der Waals surface area contributed by atoms with Crippen LogP contribution < -0.4 is 10.2 Å². The number of carbonyl (C=O) groups excluding carboxylic acids is 1. The van der Waals surface area contributed by atoms with Gasteiger partial charge in [0, 0.05) is 30.9 Å². The molecule has 1 atom stereocenters. The van der Waals surface area contributed by atoms with Crippen LogP contribution >= 0.6 is 11.8 Å². The molecule has 5 nitrogen and oxygen atoms in total. The molecule has 0 spiro atoms. The van der Waals surface area contributed by atoms with Crippen LogP contribution in [0.25, 0.3) is 0 Å². The van der Waals surface area contributed by atoms with Crippen LogP contribution in [-0.4, -0.2) is 41.3 Å². The number of hydrogen-bond donors (Lipinski definition) is 1. The third-order valence-electron chi connectivity index (χ3n) is 6.97. The Morgan fingerprint density at radius 2 is 1.84 bits per heavy atom. The normalized spacial score (nSPS) is 16.1. The zero-order valence-electron chi connectivity index (χ0n) is 20.2. The predicted molar refractivity (Wildman–Crippen MR) is 134 cm³/mol. The molecule has 1 saturated heterocycles. The van der Waals surface area contributed by atoms with Crippen LogP contribution in [0.3, 0.4) is 0 Å². The van der Waals surface area contributed by atoms with Crippen LogP contribution in [0, 0.1) is 12.8 Å². The Kier molecular flexibility index (Phi) is 8.57. The number of rotatable bonds is 9. The second kappa shape index (κ2) is 11.2. The monoisotopic (exact) mass is 454 g/mol. The Labute approximate surface area is 197 Å². The van der Waals surface area contributed by atoms with E-state index in [2.05, 4.69) is 54.2 Å². The molecule has 174 valence electrons. The number of carbonyl (C=O) groups is 1. The maximum atomic E-state index is 13.4. The van der Waals surface area contributed by atoms with E-state index < -0.39 is 5.41 Å². The fourth-order valence-corrected chi connectivity index (χ4v) is 5.38. The average molecular weight is 455 g/mol. The SMILES string of the molecule is CCC(CC)(C(=O)NC(C)CC1CCN(c2cc(C)nc(SC)n2)CC1)c1ccccc1. The summed E-state index contributed by atoms with van der Waals surface area (Å²) < 4.78 is 0. The molecule has 1 fully saturated rings. The highest BCUT2D eigenvalue weighted by Crippen LogP contribution is 2.33. The predicted octanol–water partition coefficient (Wildman–Crippen LogP) is 5.38. The summed E-state index contributed by atoms with van der Waals surface area (Å²) >= 11 is 1.59. The molecule has 2 aromatic rings. The summed E-state index contributed by atoms with van der Waals surface area (Å²) in [7, 11) is 0. The van der Waals surface area contributed by atoms with Crippen molar-refractivity contribution in [1.29, 1.82) is 0 Å². The zero-order valence-corrected chi connectivity index (χ0v) is 21.0. The third-order valence-corrected chi connectivity index (χ3v) is 7.52. The Bertz CT molecular complexity index is 877. The first-order chi connectivity index (χ1) is 15.4. The Balaban J connectivity index is 1.56. The van der Waals surface area contributed by atoms with Gasteiger partial charge in [-0.15, -0.1) is 0 Å². The first kappa shape index (κ1) is 24.6. The summed E-state index contributed by atoms with van der Waals surface area (Å²) in [5.41, 5.74) is 1.69. The number of piperidine rings is 1. The van der Waals surface area contributed by atoms with Gasteiger partial charge in [-0.1, -0.05) is 55.9 Å². The van der Waals surface area contributed by atoms with Crippen LogP contribution in [-0.2, 0) is 10.2 Å². The second-order valence-electron chi connectivity index (χ2n) is 9.05. The van der Waals surface area contributed by atoms with Gasteiger partial charge in [-0.05, 0) is 63.7 Å². The van der Waals surface area contributed by atoms with Crippen molar-refractivity contribution < 1.29 is 4.79 Å². The van der Waals surface area contributed by atoms with Gasteiger partial charge in [0.15, 0.2) is 5.16 Å². The third kappa shape index (κ3) is 5.64. The number of benzene rings is 1. The number of aryl methyl sites for hydroxylation is 1. The minimum Gasteiger partial charge on any atom is -0.356 e. The minimum absolute atomic E-state index is 0.166. The first-order valence-corrected chi connectivity index (χ1v) is 13.2. The van der Waals surface area contributed by atoms with Crippen LogP contribution in [0.1, 0.15) is 64.1 Å². The molecule has 1 N–H and O–H groups in total. The number of amides is 1. The van der Waals surface area contributed by atoms with Gasteiger partial charge in [-0.25, -0.2) is 9.97 Å². The van der Waals surface area contributed by atoms with Crippen molar-refractivity contribution in [2.45, 2.75) is 76.4 Å². The highest BCUT2D eigenvalue weighted by molar-refractivity contribution is 7.98. The quantitative estimate of drug-likeness (QED) is 0.407. The van der Waals surface area contributed by atoms with Crippen LogP contribution in [0.15, 0.2) is 41.6 Å². The van der Waals surface area contributed by atoms with Crippen molar-refractivity contribution in [2.24, 2.45) is 5.92 Å². The van der Waals surface area contributed by atoms with E-state index in [1.165, 1.54) is 0 Å². The zero-order chi connectivity index (χ0) is 23.1. The molecular formula is C26H38N4OS. The first-order valence-electron chi connectivity index (χ1n) is 11.9. The van der Waals surface area contributed by atoms with Crippen molar-refractivity contribution in [3.05, 3.63) is 47.7 Å². The van der Waals surface area contributed by atoms with Crippen LogP contribution in [0.4, 0.5) is 5.82 Å². The van der Waals surface area contributed by atoms with Gasteiger partial charge >= 0.3 is 0 Å². The molecule has 1 aromatic carbocycles. The molecule has 0 radical (unpaired) electrons. The summed E-state index contributed by atoms with van der Waals surface area (Å²) in [4.78, 5) is 24.9. The number of aromatic nitrogens is 2. The van der Waals surface area contributed by atoms with Crippen molar-refractivity contribution >= 4 is 23.5 Å². The van der Waals surface area contributed by atoms with E-state index in [4.69, 9.17) is 4.98 Å². The maximum Gasteiger partial charge on any atom is 0.230 e. The largest absolute Gasteiger partial charge is 0.356 e. The Morgan fingerprint density at radius 3 is 2.44 bits per heavy atom. The number of thioether (sulfide) groups is 1. The lowest BCUT2D eigenvalue weighted by Crippen LogP contribution is -2.48. The summed E-state index contributed by atoms with van der Waals surface area (Å²) in [6.07, 6.45) is 6.91. The van der Waals surface area contributed by atoms with E-state index in [1.807, 2.05) is 31.4 Å². The highest BCUT2D eigenvalue weighted by Gasteiger charge is 2.37. The number of nitrogens with zero attached hydrogens (tertiary/aromatic N) is 3. The Hall–Kier alpha value is -2.08. The van der Waals surface area contributed by atoms with Crippen LogP contribution in [0.5, 0.6) is 0 Å². The number of nitrogens with one attached hydrogen (secondary N) is 1. The van der Waals surface area contributed by atoms with E-state index in [0.29, 0.717) is 5.92 Å². The molecule has 6 heteroatoms. The molecule has 1 amide bonds. The van der Waals surface area contributed by atoms with Gasteiger partial charge < -0.3 is 10.2 Å². The summed E-state index contributed by atoms with van der Waals surface area (Å²) in [5, 5.41) is 4.20. The fraction of sp³-hybridized carbons (Fsp3) is 0.577. The van der Waals surface area contributed by atoms with Gasteiger partial charge in [0.1, 0.15) is 5.82 Å². The van der Waals surface area contributed by atoms with Gasteiger partial charge in [0.05, 0.1) is 5.41 Å². The van der Waals surface area contributed by atoms with E-state index in [0.717, 1.165) is 67.4 Å².